The molecule has 0 saturated carbocycles. The van der Waals surface area contributed by atoms with Gasteiger partial charge in [-0.3, -0.25) is 9.78 Å². The van der Waals surface area contributed by atoms with E-state index in [9.17, 15) is 9.90 Å². The number of H-pyrrole nitrogens is 1. The number of hydrogen-bond acceptors (Lipinski definition) is 5. The number of benzene rings is 2. The topological polar surface area (TPSA) is 81.9 Å². The van der Waals surface area contributed by atoms with Gasteiger partial charge in [0.25, 0.3) is 6.17 Å². The molecule has 144 valence electrons. The average molecular weight is 460 g/mol. The molecule has 28 heavy (non-hydrogen) atoms. The summed E-state index contributed by atoms with van der Waals surface area (Å²) in [5.74, 6) is 1.07. The van der Waals surface area contributed by atoms with Crippen molar-refractivity contribution in [2.24, 2.45) is 0 Å². The molecule has 0 aliphatic carbocycles. The third kappa shape index (κ3) is 3.66. The van der Waals surface area contributed by atoms with Gasteiger partial charge in [-0.25, -0.2) is 0 Å². The molecule has 1 atom stereocenters. The molecule has 2 aromatic carbocycles. The highest BCUT2D eigenvalue weighted by atomic mass is 79.9. The van der Waals surface area contributed by atoms with Crippen molar-refractivity contribution >= 4 is 33.4 Å². The molecule has 4 rings (SSSR count). The summed E-state index contributed by atoms with van der Waals surface area (Å²) in [7, 11) is 0. The number of thioether (sulfide) groups is 1. The predicted molar refractivity (Wildman–Crippen MR) is 114 cm³/mol. The molecule has 0 unspecified atom stereocenters. The van der Waals surface area contributed by atoms with Crippen molar-refractivity contribution in [1.82, 2.24) is 10.1 Å². The third-order valence-corrected chi connectivity index (χ3v) is 6.00. The van der Waals surface area contributed by atoms with E-state index in [0.29, 0.717) is 10.9 Å². The van der Waals surface area contributed by atoms with Crippen LogP contribution in [0, 0.1) is 0 Å². The summed E-state index contributed by atoms with van der Waals surface area (Å²) in [5, 5.41) is 18.7. The standard InChI is InChI=1S/C20H19BrN4O2S/c1-2-3-9-28-20-23-19(27)17-15-11-13(21)7-8-16(15)22-18(25(17)24-20)12-5-4-6-14(26)10-12/h4-8,10-11,18H,2-3,9H2,1H3,(H2,23,24,26,27)/p+1/t18-/m1/s1. The summed E-state index contributed by atoms with van der Waals surface area (Å²) in [6.07, 6.45) is 1.74. The van der Waals surface area contributed by atoms with E-state index in [1.165, 1.54) is 0 Å². The van der Waals surface area contributed by atoms with Gasteiger partial charge in [-0.2, -0.15) is 0 Å². The highest BCUT2D eigenvalue weighted by Gasteiger charge is 2.38. The summed E-state index contributed by atoms with van der Waals surface area (Å²) >= 11 is 5.03. The van der Waals surface area contributed by atoms with Crippen LogP contribution >= 0.6 is 27.7 Å². The van der Waals surface area contributed by atoms with Gasteiger partial charge < -0.3 is 10.4 Å². The second-order valence-corrected chi connectivity index (χ2v) is 8.59. The number of aromatic hydroxyl groups is 1. The fraction of sp³-hybridized carbons (Fsp3) is 0.250. The number of phenols is 1. The van der Waals surface area contributed by atoms with Crippen molar-refractivity contribution in [1.29, 1.82) is 0 Å². The van der Waals surface area contributed by atoms with Crippen LogP contribution in [0.4, 0.5) is 5.69 Å². The minimum atomic E-state index is -0.399. The maximum Gasteiger partial charge on any atom is 0.325 e. The molecule has 8 heteroatoms. The summed E-state index contributed by atoms with van der Waals surface area (Å²) < 4.78 is 2.60. The Balaban J connectivity index is 1.88. The highest BCUT2D eigenvalue weighted by molar-refractivity contribution is 9.10. The Morgan fingerprint density at radius 3 is 2.93 bits per heavy atom. The van der Waals surface area contributed by atoms with Crippen molar-refractivity contribution in [2.75, 3.05) is 11.1 Å². The molecule has 6 nitrogen and oxygen atoms in total. The first-order valence-corrected chi connectivity index (χ1v) is 10.9. The Morgan fingerprint density at radius 2 is 2.14 bits per heavy atom. The minimum Gasteiger partial charge on any atom is -0.508 e. The zero-order chi connectivity index (χ0) is 19.7. The zero-order valence-corrected chi connectivity index (χ0v) is 17.7. The van der Waals surface area contributed by atoms with Crippen LogP contribution in [0.15, 0.2) is 56.9 Å². The summed E-state index contributed by atoms with van der Waals surface area (Å²) in [6, 6.07) is 12.8. The highest BCUT2D eigenvalue weighted by Crippen LogP contribution is 2.34. The van der Waals surface area contributed by atoms with Crippen LogP contribution in [0.1, 0.15) is 31.5 Å². The third-order valence-electron chi connectivity index (χ3n) is 4.56. The quantitative estimate of drug-likeness (QED) is 0.304. The second-order valence-electron chi connectivity index (χ2n) is 6.59. The molecule has 1 aromatic heterocycles. The number of aromatic amines is 1. The van der Waals surface area contributed by atoms with E-state index in [1.54, 1.807) is 34.6 Å². The van der Waals surface area contributed by atoms with E-state index in [0.717, 1.165) is 39.9 Å². The predicted octanol–water partition coefficient (Wildman–Crippen LogP) is 4.06. The number of halogens is 1. The van der Waals surface area contributed by atoms with Crippen LogP contribution in [0.5, 0.6) is 5.75 Å². The van der Waals surface area contributed by atoms with Crippen LogP contribution in [0.25, 0.3) is 11.3 Å². The van der Waals surface area contributed by atoms with E-state index < -0.39 is 6.17 Å². The number of nitrogens with zero attached hydrogens (tertiary/aromatic N) is 2. The first kappa shape index (κ1) is 19.0. The van der Waals surface area contributed by atoms with Gasteiger partial charge in [-0.15, -0.1) is 0 Å². The van der Waals surface area contributed by atoms with Crippen LogP contribution in [0.2, 0.25) is 0 Å². The fourth-order valence-corrected chi connectivity index (χ4v) is 4.51. The molecular weight excluding hydrogens is 440 g/mol. The zero-order valence-electron chi connectivity index (χ0n) is 15.3. The van der Waals surface area contributed by atoms with E-state index in [4.69, 9.17) is 5.10 Å². The Morgan fingerprint density at radius 1 is 1.29 bits per heavy atom. The van der Waals surface area contributed by atoms with Crippen molar-refractivity contribution in [3.05, 3.63) is 62.9 Å². The molecule has 0 amide bonds. The monoisotopic (exact) mass is 459 g/mol. The summed E-state index contributed by atoms with van der Waals surface area (Å²) in [4.78, 5) is 15.9. The van der Waals surface area contributed by atoms with Gasteiger partial charge in [-0.05, 0) is 47.5 Å². The van der Waals surface area contributed by atoms with Crippen LogP contribution in [-0.4, -0.2) is 20.9 Å². The number of unbranched alkanes of at least 4 members (excludes halogenated alkanes) is 1. The minimum absolute atomic E-state index is 0.172. The second kappa shape index (κ2) is 7.97. The van der Waals surface area contributed by atoms with Gasteiger partial charge in [0.2, 0.25) is 5.16 Å². The van der Waals surface area contributed by atoms with Gasteiger partial charge in [0.15, 0.2) is 0 Å². The van der Waals surface area contributed by atoms with Crippen molar-refractivity contribution in [3.63, 3.8) is 0 Å². The summed E-state index contributed by atoms with van der Waals surface area (Å²) in [5.41, 5.74) is 2.76. The largest absolute Gasteiger partial charge is 0.508 e. The summed E-state index contributed by atoms with van der Waals surface area (Å²) in [6.45, 7) is 2.13. The van der Waals surface area contributed by atoms with Crippen molar-refractivity contribution in [2.45, 2.75) is 31.1 Å². The number of phenolic OH excluding ortho intramolecular Hbond substituents is 1. The van der Waals surface area contributed by atoms with Crippen LogP contribution in [0.3, 0.4) is 0 Å². The van der Waals surface area contributed by atoms with Gasteiger partial charge in [0.1, 0.15) is 5.75 Å². The van der Waals surface area contributed by atoms with Crippen molar-refractivity contribution < 1.29 is 9.79 Å². The molecule has 3 N–H and O–H groups in total. The maximum atomic E-state index is 13.0. The lowest BCUT2D eigenvalue weighted by Gasteiger charge is -2.22. The first-order valence-electron chi connectivity index (χ1n) is 9.11. The fourth-order valence-electron chi connectivity index (χ4n) is 3.21. The van der Waals surface area contributed by atoms with Gasteiger partial charge in [0, 0.05) is 20.9 Å². The smallest absolute Gasteiger partial charge is 0.325 e. The molecule has 0 saturated heterocycles. The molecule has 1 aliphatic heterocycles. The number of anilines is 1. The Kier molecular flexibility index (Phi) is 5.41. The van der Waals surface area contributed by atoms with Crippen LogP contribution < -0.4 is 15.6 Å². The lowest BCUT2D eigenvalue weighted by molar-refractivity contribution is -0.759. The molecule has 0 spiro atoms. The average Bonchev–Trinajstić information content (AvgIpc) is 2.67. The van der Waals surface area contributed by atoms with E-state index in [1.807, 2.05) is 24.3 Å². The Hall–Kier alpha value is -2.32. The lowest BCUT2D eigenvalue weighted by Crippen LogP contribution is -2.55. The molecule has 3 aromatic rings. The lowest BCUT2D eigenvalue weighted by atomic mass is 10.0. The van der Waals surface area contributed by atoms with Gasteiger partial charge in [0.05, 0.1) is 11.3 Å². The van der Waals surface area contributed by atoms with E-state index in [2.05, 4.69) is 33.2 Å². The molecular formula is C20H20BrN4O2S+. The van der Waals surface area contributed by atoms with E-state index >= 15 is 0 Å². The van der Waals surface area contributed by atoms with Gasteiger partial charge >= 0.3 is 11.3 Å². The number of nitrogens with one attached hydrogen (secondary N) is 2. The number of hydrogen-bond donors (Lipinski definition) is 3. The van der Waals surface area contributed by atoms with Gasteiger partial charge in [-0.1, -0.05) is 47.1 Å². The first-order chi connectivity index (χ1) is 13.6. The normalized spacial score (nSPS) is 14.9. The molecule has 0 fully saturated rings. The number of aromatic nitrogens is 3. The Bertz CT molecular complexity index is 1090. The molecule has 0 radical (unpaired) electrons. The SMILES string of the molecule is CCCCSc1n[n+]2c(c(=O)[nH]1)-c1cc(Br)ccc1N[C@H]2c1cccc(O)c1. The number of fused-ring (bicyclic) bond motifs is 3. The maximum absolute atomic E-state index is 13.0. The molecule has 0 bridgehead atoms. The van der Waals surface area contributed by atoms with Crippen molar-refractivity contribution in [3.8, 4) is 17.0 Å². The molecule has 1 aliphatic rings. The molecule has 2 heterocycles. The Labute approximate surface area is 175 Å². The number of rotatable bonds is 5. The van der Waals surface area contributed by atoms with Crippen LogP contribution in [-0.2, 0) is 0 Å². The van der Waals surface area contributed by atoms with E-state index in [-0.39, 0.29) is 11.3 Å².